The molecule has 5 heteroatoms. The second kappa shape index (κ2) is 7.25. The summed E-state index contributed by atoms with van der Waals surface area (Å²) in [6.45, 7) is 4.99. The number of nitriles is 1. The van der Waals surface area contributed by atoms with E-state index in [1.54, 1.807) is 12.1 Å². The molecule has 0 saturated carbocycles. The maximum atomic E-state index is 8.92. The highest BCUT2D eigenvalue weighted by molar-refractivity contribution is 5.57. The van der Waals surface area contributed by atoms with Gasteiger partial charge in [0, 0.05) is 24.0 Å². The Kier molecular flexibility index (Phi) is 5.10. The molecule has 0 aliphatic rings. The minimum absolute atomic E-state index is 0.532. The first-order chi connectivity index (χ1) is 10.2. The zero-order chi connectivity index (χ0) is 15.1. The van der Waals surface area contributed by atoms with Crippen LogP contribution in [-0.4, -0.2) is 16.5 Å². The molecule has 2 N–H and O–H groups in total. The summed E-state index contributed by atoms with van der Waals surface area (Å²) in [4.78, 5) is 8.81. The highest BCUT2D eigenvalue weighted by Gasteiger charge is 2.03. The van der Waals surface area contributed by atoms with Crippen LogP contribution >= 0.6 is 0 Å². The summed E-state index contributed by atoms with van der Waals surface area (Å²) in [6.07, 6.45) is 2.25. The van der Waals surface area contributed by atoms with E-state index in [4.69, 9.17) is 5.26 Å². The smallest absolute Gasteiger partial charge is 0.229 e. The van der Waals surface area contributed by atoms with Crippen molar-refractivity contribution < 1.29 is 0 Å². The molecule has 0 saturated heterocycles. The van der Waals surface area contributed by atoms with E-state index in [0.717, 1.165) is 36.6 Å². The molecule has 2 rings (SSSR count). The zero-order valence-corrected chi connectivity index (χ0v) is 12.3. The van der Waals surface area contributed by atoms with Crippen molar-refractivity contribution in [3.05, 3.63) is 41.6 Å². The molecule has 1 aromatic heterocycles. The molecule has 21 heavy (non-hydrogen) atoms. The molecule has 1 aromatic carbocycles. The van der Waals surface area contributed by atoms with Gasteiger partial charge in [-0.05, 0) is 31.5 Å². The van der Waals surface area contributed by atoms with E-state index in [1.807, 2.05) is 25.1 Å². The Morgan fingerprint density at radius 3 is 2.86 bits per heavy atom. The quantitative estimate of drug-likeness (QED) is 0.791. The molecular weight excluding hydrogens is 262 g/mol. The largest absolute Gasteiger partial charge is 0.370 e. The molecule has 108 valence electrons. The number of nitrogens with one attached hydrogen (secondary N) is 2. The normalized spacial score (nSPS) is 9.95. The van der Waals surface area contributed by atoms with E-state index in [0.29, 0.717) is 11.5 Å². The fourth-order valence-corrected chi connectivity index (χ4v) is 1.90. The van der Waals surface area contributed by atoms with Crippen molar-refractivity contribution >= 4 is 17.5 Å². The molecule has 0 radical (unpaired) electrons. The molecule has 2 aromatic rings. The van der Waals surface area contributed by atoms with Crippen LogP contribution < -0.4 is 10.6 Å². The summed E-state index contributed by atoms with van der Waals surface area (Å²) < 4.78 is 0. The molecule has 1 heterocycles. The van der Waals surface area contributed by atoms with Crippen LogP contribution in [0.15, 0.2) is 30.3 Å². The molecule has 0 bridgehead atoms. The van der Waals surface area contributed by atoms with E-state index in [2.05, 4.69) is 33.6 Å². The van der Waals surface area contributed by atoms with Gasteiger partial charge in [0.15, 0.2) is 0 Å². The third kappa shape index (κ3) is 4.46. The second-order valence-electron chi connectivity index (χ2n) is 4.82. The molecule has 0 aliphatic carbocycles. The minimum atomic E-state index is 0.532. The van der Waals surface area contributed by atoms with Gasteiger partial charge in [-0.15, -0.1) is 0 Å². The molecule has 0 aliphatic heterocycles. The lowest BCUT2D eigenvalue weighted by molar-refractivity contribution is 0.830. The summed E-state index contributed by atoms with van der Waals surface area (Å²) >= 11 is 0. The Morgan fingerprint density at radius 2 is 2.10 bits per heavy atom. The van der Waals surface area contributed by atoms with Gasteiger partial charge in [0.05, 0.1) is 11.6 Å². The minimum Gasteiger partial charge on any atom is -0.370 e. The number of hydrogen-bond donors (Lipinski definition) is 2. The van der Waals surface area contributed by atoms with Crippen molar-refractivity contribution in [2.75, 3.05) is 17.2 Å². The molecule has 0 spiro atoms. The predicted molar refractivity (Wildman–Crippen MR) is 84.6 cm³/mol. The zero-order valence-electron chi connectivity index (χ0n) is 12.3. The van der Waals surface area contributed by atoms with Crippen LogP contribution in [0.4, 0.5) is 17.5 Å². The first-order valence-corrected chi connectivity index (χ1v) is 7.08. The van der Waals surface area contributed by atoms with Crippen molar-refractivity contribution in [3.8, 4) is 6.07 Å². The average molecular weight is 281 g/mol. The lowest BCUT2D eigenvalue weighted by atomic mass is 10.2. The van der Waals surface area contributed by atoms with Gasteiger partial charge in [-0.3, -0.25) is 0 Å². The van der Waals surface area contributed by atoms with Crippen LogP contribution in [0.2, 0.25) is 0 Å². The third-order valence-electron chi connectivity index (χ3n) is 2.94. The second-order valence-corrected chi connectivity index (χ2v) is 4.82. The van der Waals surface area contributed by atoms with Crippen molar-refractivity contribution in [1.82, 2.24) is 9.97 Å². The summed E-state index contributed by atoms with van der Waals surface area (Å²) in [5, 5.41) is 15.3. The van der Waals surface area contributed by atoms with Gasteiger partial charge < -0.3 is 10.6 Å². The van der Waals surface area contributed by atoms with Crippen LogP contribution in [-0.2, 0) is 0 Å². The Hall–Kier alpha value is -2.61. The van der Waals surface area contributed by atoms with Gasteiger partial charge in [-0.25, -0.2) is 4.98 Å². The van der Waals surface area contributed by atoms with Crippen molar-refractivity contribution in [3.63, 3.8) is 0 Å². The number of benzene rings is 1. The Balaban J connectivity index is 2.13. The number of anilines is 3. The van der Waals surface area contributed by atoms with Crippen molar-refractivity contribution in [2.24, 2.45) is 0 Å². The van der Waals surface area contributed by atoms with Gasteiger partial charge in [0.25, 0.3) is 0 Å². The number of aryl methyl sites for hydroxylation is 1. The number of unbranched alkanes of at least 4 members (excludes halogenated alkanes) is 1. The maximum Gasteiger partial charge on any atom is 0.229 e. The Bertz CT molecular complexity index is 645. The highest BCUT2D eigenvalue weighted by Crippen LogP contribution is 2.17. The average Bonchev–Trinajstić information content (AvgIpc) is 2.47. The van der Waals surface area contributed by atoms with Crippen molar-refractivity contribution in [2.45, 2.75) is 26.7 Å². The lowest BCUT2D eigenvalue weighted by Gasteiger charge is -2.09. The van der Waals surface area contributed by atoms with E-state index in [1.165, 1.54) is 0 Å². The van der Waals surface area contributed by atoms with Gasteiger partial charge in [-0.2, -0.15) is 10.2 Å². The molecule has 5 nitrogen and oxygen atoms in total. The van der Waals surface area contributed by atoms with Crippen LogP contribution in [0.5, 0.6) is 0 Å². The van der Waals surface area contributed by atoms with Gasteiger partial charge in [-0.1, -0.05) is 19.4 Å². The topological polar surface area (TPSA) is 73.6 Å². The summed E-state index contributed by atoms with van der Waals surface area (Å²) in [7, 11) is 0. The van der Waals surface area contributed by atoms with Gasteiger partial charge in [0.2, 0.25) is 5.95 Å². The van der Waals surface area contributed by atoms with Crippen molar-refractivity contribution in [1.29, 1.82) is 5.26 Å². The first kappa shape index (κ1) is 14.8. The first-order valence-electron chi connectivity index (χ1n) is 7.08. The lowest BCUT2D eigenvalue weighted by Crippen LogP contribution is -2.06. The standard InChI is InChI=1S/C16H19N5/c1-3-4-8-18-15-9-12(2)19-16(21-15)20-14-7-5-6-13(10-14)11-17/h5-7,9-10H,3-4,8H2,1-2H3,(H2,18,19,20,21). The van der Waals surface area contributed by atoms with E-state index >= 15 is 0 Å². The molecular formula is C16H19N5. The Morgan fingerprint density at radius 1 is 1.24 bits per heavy atom. The van der Waals surface area contributed by atoms with E-state index in [-0.39, 0.29) is 0 Å². The summed E-state index contributed by atoms with van der Waals surface area (Å²) in [5.74, 6) is 1.35. The fraction of sp³-hybridized carbons (Fsp3) is 0.312. The summed E-state index contributed by atoms with van der Waals surface area (Å²) in [5.41, 5.74) is 2.30. The fourth-order valence-electron chi connectivity index (χ4n) is 1.90. The Labute approximate surface area is 125 Å². The van der Waals surface area contributed by atoms with Gasteiger partial charge >= 0.3 is 0 Å². The number of nitrogens with zero attached hydrogens (tertiary/aromatic N) is 3. The SMILES string of the molecule is CCCCNc1cc(C)nc(Nc2cccc(C#N)c2)n1. The van der Waals surface area contributed by atoms with Crippen LogP contribution in [0.3, 0.4) is 0 Å². The van der Waals surface area contributed by atoms with Crippen LogP contribution in [0, 0.1) is 18.3 Å². The molecule has 0 atom stereocenters. The monoisotopic (exact) mass is 281 g/mol. The molecule has 0 amide bonds. The molecule has 0 unspecified atom stereocenters. The van der Waals surface area contributed by atoms with Crippen LogP contribution in [0.1, 0.15) is 31.0 Å². The predicted octanol–water partition coefficient (Wildman–Crippen LogP) is 3.61. The van der Waals surface area contributed by atoms with E-state index < -0.39 is 0 Å². The van der Waals surface area contributed by atoms with Crippen LogP contribution in [0.25, 0.3) is 0 Å². The highest BCUT2D eigenvalue weighted by atomic mass is 15.1. The number of hydrogen-bond acceptors (Lipinski definition) is 5. The molecule has 0 fully saturated rings. The van der Waals surface area contributed by atoms with E-state index in [9.17, 15) is 0 Å². The number of rotatable bonds is 6. The maximum absolute atomic E-state index is 8.92. The third-order valence-corrected chi connectivity index (χ3v) is 2.94. The summed E-state index contributed by atoms with van der Waals surface area (Å²) in [6, 6.07) is 11.3. The number of aromatic nitrogens is 2. The van der Waals surface area contributed by atoms with Gasteiger partial charge in [0.1, 0.15) is 5.82 Å².